The molecule has 2 unspecified atom stereocenters. The van der Waals surface area contributed by atoms with Crippen molar-refractivity contribution in [3.8, 4) is 0 Å². The summed E-state index contributed by atoms with van der Waals surface area (Å²) in [6.07, 6.45) is 12.2. The van der Waals surface area contributed by atoms with Crippen molar-refractivity contribution in [3.05, 3.63) is 43.0 Å². The maximum Gasteiger partial charge on any atom is 0.330 e. The number of carbonyl (C=O) groups excluding carboxylic acids is 1. The van der Waals surface area contributed by atoms with E-state index in [1.54, 1.807) is 0 Å². The summed E-state index contributed by atoms with van der Waals surface area (Å²) in [7, 11) is 0. The first kappa shape index (κ1) is 20.4. The Morgan fingerprint density at radius 2 is 1.79 bits per heavy atom. The SMILES string of the molecule is C=CC(=O)OCCC12CC3CC(C1)CC(CCSCSc1ccccc1)(C3)C2. The van der Waals surface area contributed by atoms with Crippen molar-refractivity contribution in [2.45, 2.75) is 56.3 Å². The summed E-state index contributed by atoms with van der Waals surface area (Å²) >= 11 is 4.06. The number of rotatable bonds is 10. The Labute approximate surface area is 178 Å². The smallest absolute Gasteiger partial charge is 0.330 e. The van der Waals surface area contributed by atoms with Gasteiger partial charge in [-0.15, -0.1) is 11.8 Å². The Kier molecular flexibility index (Phi) is 6.46. The zero-order chi connectivity index (χ0) is 19.5. The first-order chi connectivity index (χ1) is 13.6. The summed E-state index contributed by atoms with van der Waals surface area (Å²) in [5.74, 6) is 2.84. The standard InChI is InChI=1S/C24H32O2S2/c1-2-22(25)26-10-8-23-13-19-12-20(14-23)16-24(15-19,17-23)9-11-27-18-28-21-6-4-3-5-7-21/h2-7,19-20H,1,8-18H2. The second-order valence-corrected chi connectivity index (χ2v) is 11.8. The molecule has 0 aliphatic heterocycles. The summed E-state index contributed by atoms with van der Waals surface area (Å²) < 4.78 is 5.35. The van der Waals surface area contributed by atoms with Crippen molar-refractivity contribution >= 4 is 29.5 Å². The minimum Gasteiger partial charge on any atom is -0.463 e. The number of thioether (sulfide) groups is 2. The normalized spacial score (nSPS) is 33.0. The van der Waals surface area contributed by atoms with Crippen LogP contribution in [-0.4, -0.2) is 23.4 Å². The van der Waals surface area contributed by atoms with Crippen LogP contribution in [-0.2, 0) is 9.53 Å². The number of esters is 1. The van der Waals surface area contributed by atoms with Gasteiger partial charge in [-0.3, -0.25) is 0 Å². The van der Waals surface area contributed by atoms with Crippen LogP contribution in [0.15, 0.2) is 47.9 Å². The Balaban J connectivity index is 1.27. The van der Waals surface area contributed by atoms with Crippen LogP contribution in [0.3, 0.4) is 0 Å². The molecule has 4 aliphatic carbocycles. The Morgan fingerprint density at radius 1 is 1.11 bits per heavy atom. The molecule has 0 aromatic heterocycles. The van der Waals surface area contributed by atoms with E-state index in [-0.39, 0.29) is 5.97 Å². The van der Waals surface area contributed by atoms with Crippen molar-refractivity contribution in [1.29, 1.82) is 0 Å². The molecule has 0 radical (unpaired) electrons. The molecule has 0 amide bonds. The van der Waals surface area contributed by atoms with Crippen LogP contribution >= 0.6 is 23.5 Å². The molecule has 4 saturated carbocycles. The van der Waals surface area contributed by atoms with Crippen LogP contribution in [0.25, 0.3) is 0 Å². The third-order valence-electron chi connectivity index (χ3n) is 7.18. The van der Waals surface area contributed by atoms with Crippen molar-refractivity contribution in [2.75, 3.05) is 17.4 Å². The van der Waals surface area contributed by atoms with Crippen LogP contribution in [0.4, 0.5) is 0 Å². The number of ether oxygens (including phenoxy) is 1. The molecule has 0 spiro atoms. The zero-order valence-electron chi connectivity index (χ0n) is 16.7. The highest BCUT2D eigenvalue weighted by Crippen LogP contribution is 2.67. The highest BCUT2D eigenvalue weighted by molar-refractivity contribution is 8.16. The van der Waals surface area contributed by atoms with E-state index in [2.05, 4.69) is 48.7 Å². The van der Waals surface area contributed by atoms with Gasteiger partial charge in [0.2, 0.25) is 0 Å². The lowest BCUT2D eigenvalue weighted by atomic mass is 9.43. The van der Waals surface area contributed by atoms with Gasteiger partial charge < -0.3 is 4.74 Å². The summed E-state index contributed by atoms with van der Waals surface area (Å²) in [4.78, 5) is 12.8. The summed E-state index contributed by atoms with van der Waals surface area (Å²) in [5, 5.41) is 1.15. The predicted octanol–water partition coefficient (Wildman–Crippen LogP) is 6.57. The lowest BCUT2D eigenvalue weighted by Crippen LogP contribution is -2.52. The van der Waals surface area contributed by atoms with Gasteiger partial charge in [0.15, 0.2) is 0 Å². The molecular weight excluding hydrogens is 384 g/mol. The van der Waals surface area contributed by atoms with Crippen molar-refractivity contribution in [2.24, 2.45) is 22.7 Å². The topological polar surface area (TPSA) is 26.3 Å². The first-order valence-corrected chi connectivity index (χ1v) is 12.8. The molecule has 0 N–H and O–H groups in total. The quantitative estimate of drug-likeness (QED) is 0.142. The summed E-state index contributed by atoms with van der Waals surface area (Å²) in [6.45, 7) is 4.08. The summed E-state index contributed by atoms with van der Waals surface area (Å²) in [6, 6.07) is 10.7. The molecular formula is C24H32O2S2. The maximum absolute atomic E-state index is 11.4. The van der Waals surface area contributed by atoms with E-state index in [0.717, 1.165) is 23.3 Å². The molecule has 4 fully saturated rings. The van der Waals surface area contributed by atoms with Gasteiger partial charge in [0.05, 0.1) is 6.61 Å². The van der Waals surface area contributed by atoms with Crippen molar-refractivity contribution in [1.82, 2.24) is 0 Å². The molecule has 4 aliphatic rings. The Morgan fingerprint density at radius 3 is 2.46 bits per heavy atom. The molecule has 0 saturated heterocycles. The van der Waals surface area contributed by atoms with Crippen LogP contribution in [0.1, 0.15) is 51.4 Å². The van der Waals surface area contributed by atoms with Crippen molar-refractivity contribution in [3.63, 3.8) is 0 Å². The molecule has 2 nitrogen and oxygen atoms in total. The molecule has 1 aromatic carbocycles. The second-order valence-electron chi connectivity index (χ2n) is 9.32. The van der Waals surface area contributed by atoms with E-state index in [1.807, 2.05) is 11.8 Å². The first-order valence-electron chi connectivity index (χ1n) is 10.7. The van der Waals surface area contributed by atoms with Gasteiger partial charge in [0.1, 0.15) is 0 Å². The van der Waals surface area contributed by atoms with E-state index >= 15 is 0 Å². The molecule has 2 atom stereocenters. The van der Waals surface area contributed by atoms with Crippen molar-refractivity contribution < 1.29 is 9.53 Å². The maximum atomic E-state index is 11.4. The summed E-state index contributed by atoms with van der Waals surface area (Å²) in [5.41, 5.74) is 1.01. The number of carbonyl (C=O) groups is 1. The van der Waals surface area contributed by atoms with Gasteiger partial charge in [-0.2, -0.15) is 11.8 Å². The highest BCUT2D eigenvalue weighted by atomic mass is 32.2. The van der Waals surface area contributed by atoms with Crippen LogP contribution < -0.4 is 0 Å². The van der Waals surface area contributed by atoms with Gasteiger partial charge in [-0.05, 0) is 91.9 Å². The van der Waals surface area contributed by atoms with E-state index in [1.165, 1.54) is 61.7 Å². The van der Waals surface area contributed by atoms with Crippen LogP contribution in [0, 0.1) is 22.7 Å². The third kappa shape index (κ3) is 4.81. The van der Waals surface area contributed by atoms with Gasteiger partial charge in [0.25, 0.3) is 0 Å². The van der Waals surface area contributed by atoms with Crippen LogP contribution in [0.2, 0.25) is 0 Å². The number of hydrogen-bond acceptors (Lipinski definition) is 4. The monoisotopic (exact) mass is 416 g/mol. The molecule has 5 rings (SSSR count). The third-order valence-corrected chi connectivity index (χ3v) is 9.41. The zero-order valence-corrected chi connectivity index (χ0v) is 18.4. The average Bonchev–Trinajstić information content (AvgIpc) is 2.67. The average molecular weight is 417 g/mol. The molecule has 4 heteroatoms. The minimum atomic E-state index is -0.272. The fraction of sp³-hybridized carbons (Fsp3) is 0.625. The number of benzene rings is 1. The molecule has 4 bridgehead atoms. The van der Waals surface area contributed by atoms with E-state index < -0.39 is 0 Å². The molecule has 1 aromatic rings. The number of hydrogen-bond donors (Lipinski definition) is 0. The fourth-order valence-corrected chi connectivity index (χ4v) is 8.91. The van der Waals surface area contributed by atoms with Gasteiger partial charge in [0, 0.05) is 16.1 Å². The van der Waals surface area contributed by atoms with Crippen LogP contribution in [0.5, 0.6) is 0 Å². The van der Waals surface area contributed by atoms with Gasteiger partial charge in [-0.1, -0.05) is 24.8 Å². The van der Waals surface area contributed by atoms with E-state index in [0.29, 0.717) is 17.4 Å². The molecule has 0 heterocycles. The minimum absolute atomic E-state index is 0.272. The predicted molar refractivity (Wildman–Crippen MR) is 120 cm³/mol. The fourth-order valence-electron chi connectivity index (χ4n) is 6.64. The largest absolute Gasteiger partial charge is 0.463 e. The van der Waals surface area contributed by atoms with E-state index in [9.17, 15) is 4.79 Å². The lowest BCUT2D eigenvalue weighted by Gasteiger charge is -2.62. The van der Waals surface area contributed by atoms with Gasteiger partial charge in [-0.25, -0.2) is 4.79 Å². The molecule has 152 valence electrons. The Bertz CT molecular complexity index is 673. The second kappa shape index (κ2) is 8.87. The lowest BCUT2D eigenvalue weighted by molar-refractivity contribution is -0.144. The molecule has 28 heavy (non-hydrogen) atoms. The van der Waals surface area contributed by atoms with Gasteiger partial charge >= 0.3 is 5.97 Å². The Hall–Kier alpha value is -0.870. The van der Waals surface area contributed by atoms with E-state index in [4.69, 9.17) is 4.74 Å². The highest BCUT2D eigenvalue weighted by Gasteiger charge is 2.56.